The van der Waals surface area contributed by atoms with Crippen LogP contribution in [0, 0.1) is 5.92 Å². The van der Waals surface area contributed by atoms with Gasteiger partial charge in [-0.1, -0.05) is 45.1 Å². The second-order valence-electron chi connectivity index (χ2n) is 8.54. The highest BCUT2D eigenvalue weighted by atomic mass is 16.5. The number of esters is 1. The Morgan fingerprint density at radius 1 is 0.800 bits per heavy atom. The summed E-state index contributed by atoms with van der Waals surface area (Å²) in [6, 6.07) is 2.46. The van der Waals surface area contributed by atoms with Crippen LogP contribution in [-0.4, -0.2) is 35.6 Å². The number of hydrogen-bond acceptors (Lipinski definition) is 3. The van der Waals surface area contributed by atoms with E-state index in [9.17, 15) is 4.79 Å². The van der Waals surface area contributed by atoms with Gasteiger partial charge in [0.25, 0.3) is 0 Å². The number of nitrogens with zero attached hydrogens (tertiary/aromatic N) is 1. The Morgan fingerprint density at radius 3 is 1.76 bits per heavy atom. The summed E-state index contributed by atoms with van der Waals surface area (Å²) in [5.74, 6) is 0.285. The van der Waals surface area contributed by atoms with Crippen LogP contribution in [0.2, 0.25) is 0 Å². The van der Waals surface area contributed by atoms with Crippen molar-refractivity contribution in [1.82, 2.24) is 4.90 Å². The first-order valence-electron chi connectivity index (χ1n) is 10.8. The summed E-state index contributed by atoms with van der Waals surface area (Å²) in [6.45, 7) is 4.07. The van der Waals surface area contributed by atoms with E-state index in [1.54, 1.807) is 0 Å². The quantitative estimate of drug-likeness (QED) is 0.486. The van der Waals surface area contributed by atoms with Crippen LogP contribution in [0.5, 0.6) is 0 Å². The van der Waals surface area contributed by atoms with Gasteiger partial charge in [0.2, 0.25) is 0 Å². The van der Waals surface area contributed by atoms with E-state index in [4.69, 9.17) is 4.74 Å². The molecule has 3 rings (SSSR count). The lowest BCUT2D eigenvalue weighted by Crippen LogP contribution is -2.52. The Bertz CT molecular complexity index is 398. The van der Waals surface area contributed by atoms with Gasteiger partial charge in [0.05, 0.1) is 6.61 Å². The van der Waals surface area contributed by atoms with Crippen LogP contribution in [0.4, 0.5) is 0 Å². The number of hydrogen-bond donors (Lipinski definition) is 0. The molecule has 0 spiro atoms. The van der Waals surface area contributed by atoms with Gasteiger partial charge in [0.1, 0.15) is 0 Å². The molecule has 3 nitrogen and oxygen atoms in total. The first-order valence-corrected chi connectivity index (χ1v) is 10.8. The number of carbonyl (C=O) groups excluding carboxylic acids is 1. The molecular weight excluding hydrogens is 310 g/mol. The van der Waals surface area contributed by atoms with E-state index in [0.29, 0.717) is 12.5 Å². The van der Waals surface area contributed by atoms with Crippen LogP contribution < -0.4 is 0 Å². The Morgan fingerprint density at radius 2 is 1.28 bits per heavy atom. The maximum absolute atomic E-state index is 11.3. The molecule has 3 aliphatic carbocycles. The number of ether oxygens (including phenoxy) is 1. The van der Waals surface area contributed by atoms with E-state index in [2.05, 4.69) is 11.5 Å². The van der Waals surface area contributed by atoms with Gasteiger partial charge < -0.3 is 4.74 Å². The van der Waals surface area contributed by atoms with Crippen LogP contribution in [0.25, 0.3) is 0 Å². The summed E-state index contributed by atoms with van der Waals surface area (Å²) in [4.78, 5) is 14.3. The lowest BCUT2D eigenvalue weighted by molar-refractivity contribution is -0.139. The molecule has 0 heterocycles. The molecular formula is C22H37NO2. The maximum Gasteiger partial charge on any atom is 0.330 e. The number of rotatable bonds is 6. The smallest absolute Gasteiger partial charge is 0.330 e. The molecule has 0 aromatic rings. The summed E-state index contributed by atoms with van der Waals surface area (Å²) >= 11 is 0. The van der Waals surface area contributed by atoms with Gasteiger partial charge in [0.15, 0.2) is 0 Å². The predicted octanol–water partition coefficient (Wildman–Crippen LogP) is 5.24. The Labute approximate surface area is 154 Å². The summed E-state index contributed by atoms with van der Waals surface area (Å²) in [7, 11) is 0. The largest absolute Gasteiger partial charge is 0.462 e. The molecule has 0 atom stereocenters. The van der Waals surface area contributed by atoms with Crippen molar-refractivity contribution in [2.24, 2.45) is 5.92 Å². The second kappa shape index (κ2) is 9.75. The van der Waals surface area contributed by atoms with Gasteiger partial charge in [-0.2, -0.15) is 0 Å². The molecule has 3 heteroatoms. The molecule has 3 fully saturated rings. The van der Waals surface area contributed by atoms with Gasteiger partial charge >= 0.3 is 5.97 Å². The third kappa shape index (κ3) is 5.32. The Hall–Kier alpha value is -0.830. The number of carbonyl (C=O) groups is 1. The fraction of sp³-hybridized carbons (Fsp3) is 0.864. The molecule has 0 aromatic heterocycles. The first kappa shape index (κ1) is 18.9. The van der Waals surface area contributed by atoms with Crippen LogP contribution >= 0.6 is 0 Å². The van der Waals surface area contributed by atoms with Crippen molar-refractivity contribution in [3.63, 3.8) is 0 Å². The fourth-order valence-electron chi connectivity index (χ4n) is 5.52. The zero-order valence-corrected chi connectivity index (χ0v) is 16.0. The minimum atomic E-state index is -0.270. The predicted molar refractivity (Wildman–Crippen MR) is 102 cm³/mol. The topological polar surface area (TPSA) is 29.5 Å². The van der Waals surface area contributed by atoms with Crippen molar-refractivity contribution in [1.29, 1.82) is 0 Å². The van der Waals surface area contributed by atoms with Gasteiger partial charge in [-0.05, 0) is 57.3 Å². The van der Waals surface area contributed by atoms with Crippen LogP contribution in [0.15, 0.2) is 12.7 Å². The Balaban J connectivity index is 1.55. The molecule has 142 valence electrons. The molecule has 0 amide bonds. The molecule has 3 aliphatic rings. The highest BCUT2D eigenvalue weighted by molar-refractivity contribution is 5.81. The van der Waals surface area contributed by atoms with Crippen molar-refractivity contribution >= 4 is 5.97 Å². The molecule has 0 radical (unpaired) electrons. The molecule has 0 N–H and O–H groups in total. The van der Waals surface area contributed by atoms with E-state index in [-0.39, 0.29) is 5.97 Å². The third-order valence-corrected chi connectivity index (χ3v) is 6.86. The molecule has 3 saturated carbocycles. The Kier molecular flexibility index (Phi) is 7.39. The van der Waals surface area contributed by atoms with Crippen LogP contribution in [0.3, 0.4) is 0 Å². The lowest BCUT2D eigenvalue weighted by Gasteiger charge is -2.48. The van der Waals surface area contributed by atoms with E-state index < -0.39 is 0 Å². The lowest BCUT2D eigenvalue weighted by atomic mass is 9.81. The van der Waals surface area contributed by atoms with Gasteiger partial charge in [-0.3, -0.25) is 4.90 Å². The van der Waals surface area contributed by atoms with Crippen molar-refractivity contribution < 1.29 is 9.53 Å². The average molecular weight is 348 g/mol. The van der Waals surface area contributed by atoms with Gasteiger partial charge in [0, 0.05) is 24.2 Å². The molecule has 0 aliphatic heterocycles. The zero-order chi connectivity index (χ0) is 17.5. The molecule has 0 saturated heterocycles. The van der Waals surface area contributed by atoms with E-state index in [0.717, 1.165) is 18.1 Å². The molecule has 0 unspecified atom stereocenters. The maximum atomic E-state index is 11.3. The van der Waals surface area contributed by atoms with Crippen molar-refractivity contribution in [3.05, 3.63) is 12.7 Å². The van der Waals surface area contributed by atoms with E-state index in [1.165, 1.54) is 96.0 Å². The van der Waals surface area contributed by atoms with Crippen molar-refractivity contribution in [2.45, 2.75) is 108 Å². The van der Waals surface area contributed by atoms with Gasteiger partial charge in [-0.15, -0.1) is 0 Å². The third-order valence-electron chi connectivity index (χ3n) is 6.86. The second-order valence-corrected chi connectivity index (χ2v) is 8.54. The minimum absolute atomic E-state index is 0.270. The standard InChI is InChI=1S/C22H37NO2/c1-2-22(24)25-17-18-13-15-21(16-14-18)23(19-9-5-3-6-10-19)20-11-7-4-8-12-20/h2,18-21H,1,3-17H2. The fourth-order valence-corrected chi connectivity index (χ4v) is 5.52. The molecule has 25 heavy (non-hydrogen) atoms. The van der Waals surface area contributed by atoms with Gasteiger partial charge in [-0.25, -0.2) is 4.79 Å². The summed E-state index contributed by atoms with van der Waals surface area (Å²) in [5.41, 5.74) is 0. The zero-order valence-electron chi connectivity index (χ0n) is 16.0. The summed E-state index contributed by atoms with van der Waals surface area (Å²) in [5, 5.41) is 0. The highest BCUT2D eigenvalue weighted by Crippen LogP contribution is 2.37. The molecule has 0 aromatic carbocycles. The van der Waals surface area contributed by atoms with Crippen LogP contribution in [0.1, 0.15) is 89.9 Å². The average Bonchev–Trinajstić information content (AvgIpc) is 2.69. The first-order chi connectivity index (χ1) is 12.3. The molecule has 0 bridgehead atoms. The highest BCUT2D eigenvalue weighted by Gasteiger charge is 2.35. The normalized spacial score (nSPS) is 29.5. The van der Waals surface area contributed by atoms with E-state index in [1.807, 2.05) is 0 Å². The van der Waals surface area contributed by atoms with E-state index >= 15 is 0 Å². The monoisotopic (exact) mass is 347 g/mol. The SMILES string of the molecule is C=CC(=O)OCC1CCC(N(C2CCCCC2)C2CCCCC2)CC1. The summed E-state index contributed by atoms with van der Waals surface area (Å²) in [6.07, 6.45) is 20.6. The van der Waals surface area contributed by atoms with Crippen LogP contribution in [-0.2, 0) is 9.53 Å². The van der Waals surface area contributed by atoms with Crippen molar-refractivity contribution in [2.75, 3.05) is 6.61 Å². The van der Waals surface area contributed by atoms with Crippen molar-refractivity contribution in [3.8, 4) is 0 Å². The minimum Gasteiger partial charge on any atom is -0.462 e. The summed E-state index contributed by atoms with van der Waals surface area (Å²) < 4.78 is 5.29.